The monoisotopic (exact) mass is 518 g/mol. The van der Waals surface area contributed by atoms with Gasteiger partial charge in [-0.3, -0.25) is 4.99 Å². The van der Waals surface area contributed by atoms with Crippen LogP contribution in [0.15, 0.2) is 70.6 Å². The van der Waals surface area contributed by atoms with Crippen molar-refractivity contribution in [3.63, 3.8) is 0 Å². The van der Waals surface area contributed by atoms with E-state index in [1.807, 2.05) is 30.3 Å². The molecule has 2 aromatic carbocycles. The minimum Gasteiger partial charge on any atom is -0.396 e. The van der Waals surface area contributed by atoms with Crippen LogP contribution >= 0.6 is 24.0 Å². The Labute approximate surface area is 183 Å². The summed E-state index contributed by atoms with van der Waals surface area (Å²) < 4.78 is 26.8. The molecule has 0 fully saturated rings. The van der Waals surface area contributed by atoms with Crippen molar-refractivity contribution < 1.29 is 13.5 Å². The van der Waals surface area contributed by atoms with E-state index in [2.05, 4.69) is 20.3 Å². The molecule has 0 aromatic heterocycles. The van der Waals surface area contributed by atoms with E-state index in [0.717, 1.165) is 5.56 Å². The Kier molecular flexibility index (Phi) is 11.0. The van der Waals surface area contributed by atoms with Crippen molar-refractivity contribution in [1.29, 1.82) is 0 Å². The van der Waals surface area contributed by atoms with Crippen molar-refractivity contribution in [1.82, 2.24) is 15.4 Å². The Morgan fingerprint density at radius 2 is 1.61 bits per heavy atom. The van der Waals surface area contributed by atoms with Crippen LogP contribution in [0.3, 0.4) is 0 Å². The highest BCUT2D eigenvalue weighted by Gasteiger charge is 2.13. The fourth-order valence-corrected chi connectivity index (χ4v) is 3.56. The van der Waals surface area contributed by atoms with Gasteiger partial charge < -0.3 is 15.7 Å². The Morgan fingerprint density at radius 1 is 1.00 bits per heavy atom. The van der Waals surface area contributed by atoms with Crippen molar-refractivity contribution in [2.45, 2.75) is 10.8 Å². The Morgan fingerprint density at radius 3 is 2.18 bits per heavy atom. The van der Waals surface area contributed by atoms with Gasteiger partial charge in [-0.25, -0.2) is 13.1 Å². The number of rotatable bonds is 9. The lowest BCUT2D eigenvalue weighted by Gasteiger charge is -2.18. The maximum absolute atomic E-state index is 12.1. The molecule has 2 rings (SSSR count). The normalized spacial score (nSPS) is 12.7. The molecule has 0 heterocycles. The summed E-state index contributed by atoms with van der Waals surface area (Å²) in [6.07, 6.45) is 0. The number of benzene rings is 2. The largest absolute Gasteiger partial charge is 0.396 e. The number of nitrogens with one attached hydrogen (secondary N) is 3. The molecule has 0 amide bonds. The molecule has 0 saturated heterocycles. The van der Waals surface area contributed by atoms with Crippen LogP contribution in [0.4, 0.5) is 0 Å². The van der Waals surface area contributed by atoms with Gasteiger partial charge in [0.25, 0.3) is 0 Å². The van der Waals surface area contributed by atoms with E-state index in [4.69, 9.17) is 0 Å². The van der Waals surface area contributed by atoms with E-state index in [1.54, 1.807) is 37.4 Å². The zero-order valence-corrected chi connectivity index (χ0v) is 18.9. The lowest BCUT2D eigenvalue weighted by molar-refractivity contribution is 0.265. The molecular weight excluding hydrogens is 491 g/mol. The van der Waals surface area contributed by atoms with Crippen molar-refractivity contribution in [3.8, 4) is 0 Å². The minimum atomic E-state index is -3.51. The summed E-state index contributed by atoms with van der Waals surface area (Å²) in [5, 5.41) is 15.8. The summed E-state index contributed by atoms with van der Waals surface area (Å²) in [4.78, 5) is 4.35. The molecule has 1 unspecified atom stereocenters. The summed E-state index contributed by atoms with van der Waals surface area (Å²) in [5.41, 5.74) is 1.04. The van der Waals surface area contributed by atoms with Crippen LogP contribution < -0.4 is 15.4 Å². The van der Waals surface area contributed by atoms with E-state index in [0.29, 0.717) is 19.0 Å². The van der Waals surface area contributed by atoms with Gasteiger partial charge in [0.15, 0.2) is 5.96 Å². The smallest absolute Gasteiger partial charge is 0.240 e. The van der Waals surface area contributed by atoms with Gasteiger partial charge in [0.2, 0.25) is 10.0 Å². The fraction of sp³-hybridized carbons (Fsp3) is 0.316. The molecule has 1 atom stereocenters. The second-order valence-corrected chi connectivity index (χ2v) is 7.65. The zero-order valence-electron chi connectivity index (χ0n) is 15.7. The third kappa shape index (κ3) is 7.74. The number of aliphatic hydroxyl groups excluding tert-OH is 1. The lowest BCUT2D eigenvalue weighted by Crippen LogP contribution is -2.43. The first kappa shape index (κ1) is 24.3. The summed E-state index contributed by atoms with van der Waals surface area (Å²) in [5.74, 6) is 0.490. The van der Waals surface area contributed by atoms with Crippen LogP contribution in [-0.4, -0.2) is 52.8 Å². The first-order valence-electron chi connectivity index (χ1n) is 8.72. The van der Waals surface area contributed by atoms with E-state index >= 15 is 0 Å². The van der Waals surface area contributed by atoms with Gasteiger partial charge in [0.1, 0.15) is 0 Å². The van der Waals surface area contributed by atoms with Gasteiger partial charge in [0.05, 0.1) is 11.5 Å². The van der Waals surface area contributed by atoms with Gasteiger partial charge in [0, 0.05) is 32.6 Å². The highest BCUT2D eigenvalue weighted by atomic mass is 127. The molecule has 0 aliphatic carbocycles. The van der Waals surface area contributed by atoms with Gasteiger partial charge in [-0.15, -0.1) is 24.0 Å². The molecule has 4 N–H and O–H groups in total. The Balaban J connectivity index is 0.00000392. The van der Waals surface area contributed by atoms with Crippen LogP contribution in [0.5, 0.6) is 0 Å². The molecule has 0 aliphatic heterocycles. The molecule has 154 valence electrons. The van der Waals surface area contributed by atoms with Gasteiger partial charge >= 0.3 is 0 Å². The predicted octanol–water partition coefficient (Wildman–Crippen LogP) is 1.52. The molecule has 0 radical (unpaired) electrons. The molecule has 9 heteroatoms. The van der Waals surface area contributed by atoms with Crippen molar-refractivity contribution in [2.24, 2.45) is 4.99 Å². The van der Waals surface area contributed by atoms with Crippen LogP contribution in [-0.2, 0) is 10.0 Å². The third-order valence-corrected chi connectivity index (χ3v) is 5.47. The minimum absolute atomic E-state index is 0. The summed E-state index contributed by atoms with van der Waals surface area (Å²) in [7, 11) is -1.88. The van der Waals surface area contributed by atoms with E-state index in [9.17, 15) is 13.5 Å². The van der Waals surface area contributed by atoms with Crippen molar-refractivity contribution in [3.05, 3.63) is 66.2 Å². The second kappa shape index (κ2) is 12.7. The summed E-state index contributed by atoms with van der Waals surface area (Å²) in [6.45, 7) is 1.13. The number of guanidine groups is 1. The predicted molar refractivity (Wildman–Crippen MR) is 123 cm³/mol. The SMILES string of the molecule is CN=C(NCCNS(=O)(=O)c1ccccc1)NCC(CO)c1ccccc1.I. The first-order valence-corrected chi connectivity index (χ1v) is 10.2. The number of halogens is 1. The maximum atomic E-state index is 12.1. The van der Waals surface area contributed by atoms with Crippen molar-refractivity contribution in [2.75, 3.05) is 33.3 Å². The molecule has 0 saturated carbocycles. The highest BCUT2D eigenvalue weighted by molar-refractivity contribution is 14.0. The number of aliphatic imine (C=N–C) groups is 1. The average Bonchev–Trinajstić information content (AvgIpc) is 2.71. The Bertz CT molecular complexity index is 818. The summed E-state index contributed by atoms with van der Waals surface area (Å²) in [6, 6.07) is 18.0. The lowest BCUT2D eigenvalue weighted by atomic mass is 10.0. The number of hydrogen-bond donors (Lipinski definition) is 4. The highest BCUT2D eigenvalue weighted by Crippen LogP contribution is 2.13. The van der Waals surface area contributed by atoms with Gasteiger partial charge in [-0.1, -0.05) is 48.5 Å². The molecule has 0 aliphatic rings. The summed E-state index contributed by atoms with van der Waals surface area (Å²) >= 11 is 0. The standard InChI is InChI=1S/C19H26N4O3S.HI/c1-20-19(22-14-17(15-24)16-8-4-2-5-9-16)21-12-13-23-27(25,26)18-10-6-3-7-11-18;/h2-11,17,23-24H,12-15H2,1H3,(H2,20,21,22);1H. The van der Waals surface area contributed by atoms with E-state index in [1.165, 1.54) is 0 Å². The van der Waals surface area contributed by atoms with Crippen LogP contribution in [0.1, 0.15) is 11.5 Å². The number of sulfonamides is 1. The molecule has 28 heavy (non-hydrogen) atoms. The zero-order chi connectivity index (χ0) is 19.5. The van der Waals surface area contributed by atoms with Crippen LogP contribution in [0, 0.1) is 0 Å². The van der Waals surface area contributed by atoms with Crippen LogP contribution in [0.25, 0.3) is 0 Å². The van der Waals surface area contributed by atoms with Gasteiger partial charge in [-0.2, -0.15) is 0 Å². The number of aliphatic hydroxyl groups is 1. The van der Waals surface area contributed by atoms with Crippen molar-refractivity contribution >= 4 is 40.0 Å². The van der Waals surface area contributed by atoms with Crippen LogP contribution in [0.2, 0.25) is 0 Å². The molecule has 7 nitrogen and oxygen atoms in total. The second-order valence-electron chi connectivity index (χ2n) is 5.88. The van der Waals surface area contributed by atoms with E-state index < -0.39 is 10.0 Å². The van der Waals surface area contributed by atoms with E-state index in [-0.39, 0.29) is 47.9 Å². The average molecular weight is 518 g/mol. The Hall–Kier alpha value is -1.69. The maximum Gasteiger partial charge on any atom is 0.240 e. The molecular formula is C19H27IN4O3S. The molecule has 0 bridgehead atoms. The molecule has 0 spiro atoms. The molecule has 2 aromatic rings. The fourth-order valence-electron chi connectivity index (χ4n) is 2.50. The number of hydrogen-bond acceptors (Lipinski definition) is 4. The quantitative estimate of drug-likeness (QED) is 0.175. The third-order valence-electron chi connectivity index (χ3n) is 3.99. The first-order chi connectivity index (χ1) is 13.1. The van der Waals surface area contributed by atoms with Gasteiger partial charge in [-0.05, 0) is 17.7 Å². The topological polar surface area (TPSA) is 103 Å². The number of nitrogens with zero attached hydrogens (tertiary/aromatic N) is 1.